The number of nitrogens with zero attached hydrogens (tertiary/aromatic N) is 1. The number of thiazole rings is 1. The van der Waals surface area contributed by atoms with E-state index >= 15 is 0 Å². The van der Waals surface area contributed by atoms with Crippen LogP contribution in [0.15, 0.2) is 12.1 Å². The average Bonchev–Trinajstić information content (AvgIpc) is 2.68. The van der Waals surface area contributed by atoms with E-state index in [2.05, 4.69) is 4.98 Å². The zero-order chi connectivity index (χ0) is 13.3. The van der Waals surface area contributed by atoms with Gasteiger partial charge in [-0.1, -0.05) is 0 Å². The van der Waals surface area contributed by atoms with Gasteiger partial charge in [0.25, 0.3) is 0 Å². The molecule has 0 atom stereocenters. The zero-order valence-corrected chi connectivity index (χ0v) is 11.7. The summed E-state index contributed by atoms with van der Waals surface area (Å²) in [5.41, 5.74) is 8.61. The SMILES string of the molecule is COc1cc(OC)c(-c2nc(N)sc2C)cc1C. The van der Waals surface area contributed by atoms with Crippen molar-refractivity contribution in [3.8, 4) is 22.8 Å². The molecule has 0 saturated carbocycles. The van der Waals surface area contributed by atoms with Gasteiger partial charge >= 0.3 is 0 Å². The molecule has 0 aliphatic rings. The second-order valence-electron chi connectivity index (χ2n) is 3.98. The maximum absolute atomic E-state index is 5.74. The quantitative estimate of drug-likeness (QED) is 0.925. The molecule has 2 rings (SSSR count). The van der Waals surface area contributed by atoms with Crippen molar-refractivity contribution < 1.29 is 9.47 Å². The van der Waals surface area contributed by atoms with E-state index in [0.717, 1.165) is 33.2 Å². The summed E-state index contributed by atoms with van der Waals surface area (Å²) in [6, 6.07) is 3.89. The first-order chi connectivity index (χ1) is 8.56. The molecule has 1 heterocycles. The van der Waals surface area contributed by atoms with Crippen molar-refractivity contribution in [1.29, 1.82) is 0 Å². The van der Waals surface area contributed by atoms with Gasteiger partial charge in [0.2, 0.25) is 0 Å². The highest BCUT2D eigenvalue weighted by Gasteiger charge is 2.15. The Bertz CT molecular complexity index is 579. The third-order valence-corrected chi connectivity index (χ3v) is 3.59. The van der Waals surface area contributed by atoms with Crippen LogP contribution in [0.25, 0.3) is 11.3 Å². The lowest BCUT2D eigenvalue weighted by Gasteiger charge is -2.12. The number of hydrogen-bond donors (Lipinski definition) is 1. The fourth-order valence-corrected chi connectivity index (χ4v) is 2.61. The van der Waals surface area contributed by atoms with Crippen molar-refractivity contribution in [2.24, 2.45) is 0 Å². The summed E-state index contributed by atoms with van der Waals surface area (Å²) >= 11 is 1.48. The Hall–Kier alpha value is -1.75. The molecule has 18 heavy (non-hydrogen) atoms. The van der Waals surface area contributed by atoms with Crippen LogP contribution in [-0.2, 0) is 0 Å². The third-order valence-electron chi connectivity index (χ3n) is 2.79. The topological polar surface area (TPSA) is 57.4 Å². The van der Waals surface area contributed by atoms with Crippen LogP contribution in [0, 0.1) is 13.8 Å². The van der Waals surface area contributed by atoms with E-state index in [9.17, 15) is 0 Å². The molecule has 0 unspecified atom stereocenters. The first-order valence-electron chi connectivity index (χ1n) is 5.52. The molecule has 1 aromatic carbocycles. The van der Waals surface area contributed by atoms with Crippen LogP contribution in [-0.4, -0.2) is 19.2 Å². The number of hydrogen-bond acceptors (Lipinski definition) is 5. The minimum Gasteiger partial charge on any atom is -0.496 e. The van der Waals surface area contributed by atoms with E-state index in [0.29, 0.717) is 5.13 Å². The summed E-state index contributed by atoms with van der Waals surface area (Å²) in [6.45, 7) is 4.00. The standard InChI is InChI=1S/C13H16N2O2S/c1-7-5-9(11(17-4)6-10(7)16-3)12-8(2)18-13(14)15-12/h5-6H,1-4H3,(H2,14,15). The molecule has 96 valence electrons. The lowest BCUT2D eigenvalue weighted by molar-refractivity contribution is 0.393. The molecule has 4 nitrogen and oxygen atoms in total. The molecule has 0 radical (unpaired) electrons. The molecule has 0 aliphatic carbocycles. The Morgan fingerprint density at radius 1 is 1.11 bits per heavy atom. The van der Waals surface area contributed by atoms with Crippen molar-refractivity contribution in [1.82, 2.24) is 4.98 Å². The maximum atomic E-state index is 5.74. The molecule has 2 aromatic rings. The number of ether oxygens (including phenoxy) is 2. The molecular weight excluding hydrogens is 248 g/mol. The molecule has 5 heteroatoms. The van der Waals surface area contributed by atoms with Gasteiger partial charge in [-0.2, -0.15) is 0 Å². The van der Waals surface area contributed by atoms with E-state index in [4.69, 9.17) is 15.2 Å². The number of rotatable bonds is 3. The first kappa shape index (κ1) is 12.7. The Kier molecular flexibility index (Phi) is 3.43. The Morgan fingerprint density at radius 2 is 1.78 bits per heavy atom. The number of nitrogens with two attached hydrogens (primary N) is 1. The molecule has 0 saturated heterocycles. The Labute approximate surface area is 110 Å². The smallest absolute Gasteiger partial charge is 0.180 e. The summed E-state index contributed by atoms with van der Waals surface area (Å²) in [5.74, 6) is 1.54. The van der Waals surface area contributed by atoms with Gasteiger partial charge in [-0.05, 0) is 25.5 Å². The molecular formula is C13H16N2O2S. The highest BCUT2D eigenvalue weighted by molar-refractivity contribution is 7.15. The van der Waals surface area contributed by atoms with Gasteiger partial charge in [-0.25, -0.2) is 4.98 Å². The van der Waals surface area contributed by atoms with Crippen molar-refractivity contribution in [3.63, 3.8) is 0 Å². The Morgan fingerprint density at radius 3 is 2.28 bits per heavy atom. The van der Waals surface area contributed by atoms with Crippen molar-refractivity contribution in [2.45, 2.75) is 13.8 Å². The van der Waals surface area contributed by atoms with Crippen LogP contribution in [0.2, 0.25) is 0 Å². The van der Waals surface area contributed by atoms with Gasteiger partial charge < -0.3 is 15.2 Å². The number of benzene rings is 1. The highest BCUT2D eigenvalue weighted by atomic mass is 32.1. The largest absolute Gasteiger partial charge is 0.496 e. The van der Waals surface area contributed by atoms with E-state index in [1.54, 1.807) is 14.2 Å². The second kappa shape index (κ2) is 4.86. The van der Waals surface area contributed by atoms with Gasteiger partial charge in [0.1, 0.15) is 11.5 Å². The number of anilines is 1. The Balaban J connectivity index is 2.63. The summed E-state index contributed by atoms with van der Waals surface area (Å²) in [6.07, 6.45) is 0. The summed E-state index contributed by atoms with van der Waals surface area (Å²) in [5, 5.41) is 0.568. The highest BCUT2D eigenvalue weighted by Crippen LogP contribution is 2.38. The minimum atomic E-state index is 0.568. The van der Waals surface area contributed by atoms with Crippen LogP contribution in [0.5, 0.6) is 11.5 Å². The second-order valence-corrected chi connectivity index (χ2v) is 5.21. The summed E-state index contributed by atoms with van der Waals surface area (Å²) < 4.78 is 10.7. The number of aromatic nitrogens is 1. The maximum Gasteiger partial charge on any atom is 0.180 e. The van der Waals surface area contributed by atoms with Gasteiger partial charge in [-0.3, -0.25) is 0 Å². The predicted octanol–water partition coefficient (Wildman–Crippen LogP) is 3.03. The monoisotopic (exact) mass is 264 g/mol. The van der Waals surface area contributed by atoms with E-state index in [1.807, 2.05) is 26.0 Å². The first-order valence-corrected chi connectivity index (χ1v) is 6.34. The van der Waals surface area contributed by atoms with Gasteiger partial charge in [0.15, 0.2) is 5.13 Å². The normalized spacial score (nSPS) is 10.4. The lowest BCUT2D eigenvalue weighted by Crippen LogP contribution is -1.94. The molecule has 2 N–H and O–H groups in total. The third kappa shape index (κ3) is 2.13. The van der Waals surface area contributed by atoms with Crippen molar-refractivity contribution >= 4 is 16.5 Å². The molecule has 0 aliphatic heterocycles. The van der Waals surface area contributed by atoms with Crippen molar-refractivity contribution in [3.05, 3.63) is 22.6 Å². The minimum absolute atomic E-state index is 0.568. The molecule has 0 fully saturated rings. The fraction of sp³-hybridized carbons (Fsp3) is 0.308. The zero-order valence-electron chi connectivity index (χ0n) is 10.9. The molecule has 0 bridgehead atoms. The van der Waals surface area contributed by atoms with Crippen molar-refractivity contribution in [2.75, 3.05) is 20.0 Å². The van der Waals surface area contributed by atoms with E-state index in [-0.39, 0.29) is 0 Å². The summed E-state index contributed by atoms with van der Waals surface area (Å²) in [7, 11) is 3.28. The van der Waals surface area contributed by atoms with E-state index in [1.165, 1.54) is 11.3 Å². The molecule has 1 aromatic heterocycles. The van der Waals surface area contributed by atoms with Gasteiger partial charge in [-0.15, -0.1) is 11.3 Å². The van der Waals surface area contributed by atoms with Crippen LogP contribution < -0.4 is 15.2 Å². The average molecular weight is 264 g/mol. The summed E-state index contributed by atoms with van der Waals surface area (Å²) in [4.78, 5) is 5.44. The van der Waals surface area contributed by atoms with Crippen LogP contribution in [0.4, 0.5) is 5.13 Å². The van der Waals surface area contributed by atoms with E-state index < -0.39 is 0 Å². The van der Waals surface area contributed by atoms with Crippen LogP contribution in [0.3, 0.4) is 0 Å². The van der Waals surface area contributed by atoms with Crippen LogP contribution in [0.1, 0.15) is 10.4 Å². The number of methoxy groups -OCH3 is 2. The number of nitrogen functional groups attached to an aromatic ring is 1. The lowest BCUT2D eigenvalue weighted by atomic mass is 10.1. The fourth-order valence-electron chi connectivity index (χ4n) is 1.91. The molecule has 0 spiro atoms. The van der Waals surface area contributed by atoms with Gasteiger partial charge in [0, 0.05) is 16.5 Å². The number of aryl methyl sites for hydroxylation is 2. The predicted molar refractivity (Wildman–Crippen MR) is 74.5 cm³/mol. The van der Waals surface area contributed by atoms with Crippen LogP contribution >= 0.6 is 11.3 Å². The van der Waals surface area contributed by atoms with Gasteiger partial charge in [0.05, 0.1) is 19.9 Å². The molecule has 0 amide bonds.